The van der Waals surface area contributed by atoms with Crippen LogP contribution in [0.3, 0.4) is 0 Å². The minimum Gasteiger partial charge on any atom is -0.355 e. The molecule has 1 aromatic carbocycles. The summed E-state index contributed by atoms with van der Waals surface area (Å²) < 4.78 is 1.65. The second-order valence-electron chi connectivity index (χ2n) is 6.84. The smallest absolute Gasteiger partial charge is 0.227 e. The maximum absolute atomic E-state index is 12.6. The molecule has 1 saturated heterocycles. The molecule has 1 fully saturated rings. The molecule has 0 aliphatic carbocycles. The van der Waals surface area contributed by atoms with Crippen LogP contribution in [0, 0.1) is 5.92 Å². The van der Waals surface area contributed by atoms with E-state index in [4.69, 9.17) is 0 Å². The Balaban J connectivity index is 1.35. The lowest BCUT2D eigenvalue weighted by Gasteiger charge is -2.32. The number of rotatable bonds is 4. The van der Waals surface area contributed by atoms with Crippen LogP contribution in [0.1, 0.15) is 19.8 Å². The van der Waals surface area contributed by atoms with Gasteiger partial charge in [-0.1, -0.05) is 6.07 Å². The Morgan fingerprint density at radius 2 is 1.82 bits per heavy atom. The van der Waals surface area contributed by atoms with E-state index in [1.807, 2.05) is 18.2 Å². The molecule has 144 valence electrons. The summed E-state index contributed by atoms with van der Waals surface area (Å²) in [6.45, 7) is 2.96. The molecule has 3 heterocycles. The number of hydrogen-bond acceptors (Lipinski definition) is 6. The van der Waals surface area contributed by atoms with Crippen LogP contribution in [0.5, 0.6) is 0 Å². The minimum atomic E-state index is -0.144. The number of fused-ring (bicyclic) bond motifs is 1. The highest BCUT2D eigenvalue weighted by molar-refractivity contribution is 5.94. The van der Waals surface area contributed by atoms with E-state index in [0.717, 1.165) is 31.7 Å². The lowest BCUT2D eigenvalue weighted by molar-refractivity contribution is -0.120. The molecule has 9 heteroatoms. The fourth-order valence-corrected chi connectivity index (χ4v) is 3.38. The summed E-state index contributed by atoms with van der Waals surface area (Å²) in [5, 5.41) is 18.0. The summed E-state index contributed by atoms with van der Waals surface area (Å²) in [4.78, 5) is 26.0. The van der Waals surface area contributed by atoms with Crippen molar-refractivity contribution in [3.63, 3.8) is 0 Å². The molecule has 0 atom stereocenters. The van der Waals surface area contributed by atoms with Crippen molar-refractivity contribution in [1.29, 1.82) is 0 Å². The van der Waals surface area contributed by atoms with Gasteiger partial charge in [-0.05, 0) is 43.2 Å². The number of anilines is 3. The number of amides is 2. The molecule has 0 unspecified atom stereocenters. The maximum atomic E-state index is 12.6. The van der Waals surface area contributed by atoms with Crippen molar-refractivity contribution < 1.29 is 9.59 Å². The number of nitrogens with zero attached hydrogens (tertiary/aromatic N) is 5. The van der Waals surface area contributed by atoms with E-state index in [2.05, 4.69) is 30.8 Å². The lowest BCUT2D eigenvalue weighted by atomic mass is 9.96. The highest BCUT2D eigenvalue weighted by atomic mass is 16.2. The molecule has 1 aliphatic rings. The molecular formula is C19H21N7O2. The SMILES string of the molecule is CC(=O)Nc1cccc(NC(=O)C2CCN(c3ccc4nncn4n3)CC2)c1. The van der Waals surface area contributed by atoms with Crippen molar-refractivity contribution in [1.82, 2.24) is 19.8 Å². The van der Waals surface area contributed by atoms with Gasteiger partial charge >= 0.3 is 0 Å². The van der Waals surface area contributed by atoms with Crippen LogP contribution in [0.15, 0.2) is 42.7 Å². The zero-order chi connectivity index (χ0) is 19.5. The van der Waals surface area contributed by atoms with Crippen LogP contribution in [-0.2, 0) is 9.59 Å². The van der Waals surface area contributed by atoms with Crippen molar-refractivity contribution in [2.45, 2.75) is 19.8 Å². The number of aromatic nitrogens is 4. The third kappa shape index (κ3) is 3.93. The maximum Gasteiger partial charge on any atom is 0.227 e. The molecule has 2 aromatic heterocycles. The number of nitrogens with one attached hydrogen (secondary N) is 2. The Hall–Kier alpha value is -3.49. The van der Waals surface area contributed by atoms with Gasteiger partial charge < -0.3 is 15.5 Å². The Morgan fingerprint density at radius 1 is 1.07 bits per heavy atom. The van der Waals surface area contributed by atoms with E-state index in [1.165, 1.54) is 6.92 Å². The van der Waals surface area contributed by atoms with Crippen LogP contribution >= 0.6 is 0 Å². The summed E-state index contributed by atoms with van der Waals surface area (Å²) in [5.41, 5.74) is 2.05. The largest absolute Gasteiger partial charge is 0.355 e. The zero-order valence-corrected chi connectivity index (χ0v) is 15.5. The van der Waals surface area contributed by atoms with Crippen LogP contribution in [-0.4, -0.2) is 44.7 Å². The highest BCUT2D eigenvalue weighted by Gasteiger charge is 2.26. The normalized spacial score (nSPS) is 14.8. The summed E-state index contributed by atoms with van der Waals surface area (Å²) in [6, 6.07) is 11.0. The summed E-state index contributed by atoms with van der Waals surface area (Å²) >= 11 is 0. The number of carbonyl (C=O) groups is 2. The Morgan fingerprint density at radius 3 is 2.57 bits per heavy atom. The Bertz CT molecular complexity index is 1010. The average Bonchev–Trinajstić information content (AvgIpc) is 3.15. The fraction of sp³-hybridized carbons (Fsp3) is 0.316. The van der Waals surface area contributed by atoms with Crippen LogP contribution < -0.4 is 15.5 Å². The quantitative estimate of drug-likeness (QED) is 0.718. The van der Waals surface area contributed by atoms with E-state index < -0.39 is 0 Å². The van der Waals surface area contributed by atoms with E-state index >= 15 is 0 Å². The third-order valence-corrected chi connectivity index (χ3v) is 4.79. The monoisotopic (exact) mass is 379 g/mol. The molecule has 0 spiro atoms. The second kappa shape index (κ2) is 7.63. The van der Waals surface area contributed by atoms with Crippen LogP contribution in [0.25, 0.3) is 5.65 Å². The van der Waals surface area contributed by atoms with Crippen molar-refractivity contribution in [3.8, 4) is 0 Å². The van der Waals surface area contributed by atoms with E-state index in [0.29, 0.717) is 17.0 Å². The lowest BCUT2D eigenvalue weighted by Crippen LogP contribution is -2.38. The first kappa shape index (κ1) is 17.9. The molecule has 28 heavy (non-hydrogen) atoms. The molecule has 4 rings (SSSR count). The Kier molecular flexibility index (Phi) is 4.88. The van der Waals surface area contributed by atoms with Crippen molar-refractivity contribution >= 4 is 34.7 Å². The zero-order valence-electron chi connectivity index (χ0n) is 15.5. The minimum absolute atomic E-state index is 0.00171. The molecule has 0 bridgehead atoms. The van der Waals surface area contributed by atoms with Gasteiger partial charge in [-0.25, -0.2) is 0 Å². The van der Waals surface area contributed by atoms with Crippen molar-refractivity contribution in [2.24, 2.45) is 5.92 Å². The molecule has 3 aromatic rings. The van der Waals surface area contributed by atoms with E-state index in [9.17, 15) is 9.59 Å². The summed E-state index contributed by atoms with van der Waals surface area (Å²) in [7, 11) is 0. The number of carbonyl (C=O) groups excluding carboxylic acids is 2. The molecular weight excluding hydrogens is 358 g/mol. The van der Waals surface area contributed by atoms with Gasteiger partial charge in [-0.2, -0.15) is 4.52 Å². The van der Waals surface area contributed by atoms with Gasteiger partial charge in [0.2, 0.25) is 11.8 Å². The number of hydrogen-bond donors (Lipinski definition) is 2. The molecule has 2 amide bonds. The molecule has 2 N–H and O–H groups in total. The highest BCUT2D eigenvalue weighted by Crippen LogP contribution is 2.24. The number of piperidine rings is 1. The van der Waals surface area contributed by atoms with E-state index in [-0.39, 0.29) is 17.7 Å². The predicted octanol–water partition coefficient (Wildman–Crippen LogP) is 1.94. The standard InChI is InChI=1S/C19H21N7O2/c1-13(27)21-15-3-2-4-16(11-15)22-19(28)14-7-9-25(10-8-14)18-6-5-17-23-20-12-26(17)24-18/h2-6,11-12,14H,7-10H2,1H3,(H,21,27)(H,22,28). The summed E-state index contributed by atoms with van der Waals surface area (Å²) in [6.07, 6.45) is 3.08. The van der Waals surface area contributed by atoms with Crippen LogP contribution in [0.4, 0.5) is 17.2 Å². The van der Waals surface area contributed by atoms with Gasteiger partial charge in [0.15, 0.2) is 5.65 Å². The van der Waals surface area contributed by atoms with Gasteiger partial charge in [0.25, 0.3) is 0 Å². The average molecular weight is 379 g/mol. The van der Waals surface area contributed by atoms with Gasteiger partial charge in [0.1, 0.15) is 12.1 Å². The fourth-order valence-electron chi connectivity index (χ4n) is 3.38. The van der Waals surface area contributed by atoms with E-state index in [1.54, 1.807) is 29.0 Å². The molecule has 0 saturated carbocycles. The second-order valence-corrected chi connectivity index (χ2v) is 6.84. The van der Waals surface area contributed by atoms with Gasteiger partial charge in [0.05, 0.1) is 0 Å². The molecule has 0 radical (unpaired) electrons. The Labute approximate surface area is 161 Å². The molecule has 1 aliphatic heterocycles. The topological polar surface area (TPSA) is 105 Å². The van der Waals surface area contributed by atoms with Crippen molar-refractivity contribution in [2.75, 3.05) is 28.6 Å². The first-order valence-corrected chi connectivity index (χ1v) is 9.19. The molecule has 9 nitrogen and oxygen atoms in total. The predicted molar refractivity (Wildman–Crippen MR) is 105 cm³/mol. The van der Waals surface area contributed by atoms with Gasteiger partial charge in [-0.3, -0.25) is 9.59 Å². The first-order chi connectivity index (χ1) is 13.6. The summed E-state index contributed by atoms with van der Waals surface area (Å²) in [5.74, 6) is 0.657. The van der Waals surface area contributed by atoms with Gasteiger partial charge in [-0.15, -0.1) is 15.3 Å². The third-order valence-electron chi connectivity index (χ3n) is 4.79. The first-order valence-electron chi connectivity index (χ1n) is 9.19. The van der Waals surface area contributed by atoms with Gasteiger partial charge in [0, 0.05) is 37.3 Å². The van der Waals surface area contributed by atoms with Crippen LogP contribution in [0.2, 0.25) is 0 Å². The van der Waals surface area contributed by atoms with Crippen molar-refractivity contribution in [3.05, 3.63) is 42.7 Å². The number of benzene rings is 1.